The number of carboxylic acid groups (broad SMARTS) is 1. The van der Waals surface area contributed by atoms with Gasteiger partial charge in [-0.3, -0.25) is 9.59 Å². The van der Waals surface area contributed by atoms with Crippen LogP contribution in [0.2, 0.25) is 0 Å². The van der Waals surface area contributed by atoms with Crippen LogP contribution in [0.15, 0.2) is 48.5 Å². The Balaban J connectivity index is 1.38. The molecular weight excluding hydrogens is 452 g/mol. The summed E-state index contributed by atoms with van der Waals surface area (Å²) in [6.45, 7) is 2.71. The van der Waals surface area contributed by atoms with Crippen LogP contribution in [0.25, 0.3) is 11.1 Å². The lowest BCUT2D eigenvalue weighted by Crippen LogP contribution is -2.49. The van der Waals surface area contributed by atoms with Crippen LogP contribution >= 0.6 is 11.8 Å². The molecule has 0 spiro atoms. The summed E-state index contributed by atoms with van der Waals surface area (Å²) < 4.78 is 5.51. The minimum atomic E-state index is -1.02. The number of hydrogen-bond acceptors (Lipinski definition) is 5. The lowest BCUT2D eigenvalue weighted by atomic mass is 9.98. The van der Waals surface area contributed by atoms with Gasteiger partial charge in [-0.2, -0.15) is 11.8 Å². The van der Waals surface area contributed by atoms with Crippen molar-refractivity contribution in [3.8, 4) is 11.1 Å². The van der Waals surface area contributed by atoms with Gasteiger partial charge in [-0.1, -0.05) is 48.5 Å². The van der Waals surface area contributed by atoms with Crippen molar-refractivity contribution in [3.05, 3.63) is 59.7 Å². The van der Waals surface area contributed by atoms with Crippen molar-refractivity contribution in [1.82, 2.24) is 10.6 Å². The molecule has 180 valence electrons. The van der Waals surface area contributed by atoms with Crippen LogP contribution in [0.1, 0.15) is 49.7 Å². The van der Waals surface area contributed by atoms with E-state index in [0.717, 1.165) is 40.8 Å². The number of benzene rings is 2. The molecule has 1 aliphatic carbocycles. The molecule has 1 fully saturated rings. The molecule has 0 aromatic heterocycles. The second-order valence-corrected chi connectivity index (χ2v) is 10.8. The van der Waals surface area contributed by atoms with E-state index >= 15 is 0 Å². The fourth-order valence-electron chi connectivity index (χ4n) is 4.69. The molecular formula is C26H30N2O5S. The second kappa shape index (κ2) is 10.5. The number of carbonyl (C=O) groups excluding carboxylic acids is 2. The minimum Gasteiger partial charge on any atom is -0.481 e. The number of thioether (sulfide) groups is 1. The van der Waals surface area contributed by atoms with Gasteiger partial charge >= 0.3 is 12.1 Å². The van der Waals surface area contributed by atoms with Gasteiger partial charge in [-0.25, -0.2) is 4.79 Å². The molecule has 3 N–H and O–H groups in total. The Morgan fingerprint density at radius 3 is 2.35 bits per heavy atom. The molecule has 7 nitrogen and oxygen atoms in total. The first-order valence-electron chi connectivity index (χ1n) is 11.6. The summed E-state index contributed by atoms with van der Waals surface area (Å²) in [5.74, 6) is -0.440. The van der Waals surface area contributed by atoms with Crippen molar-refractivity contribution in [2.45, 2.75) is 49.3 Å². The maximum Gasteiger partial charge on any atom is 0.407 e. The van der Waals surface area contributed by atoms with Crippen molar-refractivity contribution in [2.75, 3.05) is 18.9 Å². The van der Waals surface area contributed by atoms with E-state index < -0.39 is 18.1 Å². The van der Waals surface area contributed by atoms with Gasteiger partial charge in [0.1, 0.15) is 12.6 Å². The van der Waals surface area contributed by atoms with Crippen LogP contribution in [0.5, 0.6) is 0 Å². The number of fused-ring (bicyclic) bond motifs is 3. The van der Waals surface area contributed by atoms with Crippen molar-refractivity contribution in [3.63, 3.8) is 0 Å². The lowest BCUT2D eigenvalue weighted by Gasteiger charge is -2.25. The van der Waals surface area contributed by atoms with Gasteiger partial charge in [-0.05, 0) is 54.2 Å². The van der Waals surface area contributed by atoms with E-state index in [2.05, 4.69) is 29.7 Å². The number of amides is 2. The average molecular weight is 483 g/mol. The van der Waals surface area contributed by atoms with E-state index in [9.17, 15) is 14.4 Å². The quantitative estimate of drug-likeness (QED) is 0.496. The van der Waals surface area contributed by atoms with Gasteiger partial charge in [0.05, 0.1) is 0 Å². The predicted molar refractivity (Wildman–Crippen MR) is 132 cm³/mol. The van der Waals surface area contributed by atoms with Crippen LogP contribution in [0.3, 0.4) is 0 Å². The Bertz CT molecular complexity index is 1020. The molecule has 0 radical (unpaired) electrons. The van der Waals surface area contributed by atoms with Gasteiger partial charge in [-0.15, -0.1) is 0 Å². The van der Waals surface area contributed by atoms with Crippen LogP contribution in [0.4, 0.5) is 4.79 Å². The van der Waals surface area contributed by atoms with Crippen LogP contribution < -0.4 is 10.6 Å². The van der Waals surface area contributed by atoms with E-state index in [1.165, 1.54) is 0 Å². The van der Waals surface area contributed by atoms with Crippen LogP contribution in [-0.2, 0) is 14.3 Å². The number of carbonyl (C=O) groups is 3. The number of hydrogen-bond donors (Lipinski definition) is 3. The van der Waals surface area contributed by atoms with Gasteiger partial charge in [0, 0.05) is 23.6 Å². The lowest BCUT2D eigenvalue weighted by molar-refractivity contribution is -0.137. The van der Waals surface area contributed by atoms with Crippen molar-refractivity contribution < 1.29 is 24.2 Å². The monoisotopic (exact) mass is 482 g/mol. The number of aliphatic carboxylic acids is 1. The SMILES string of the molecule is CC1(CNC(=O)C(CCC(=O)O)NC(=O)OCC2c3ccccc3-c3ccccc32)CCCS1. The topological polar surface area (TPSA) is 105 Å². The molecule has 0 bridgehead atoms. The molecule has 1 aliphatic heterocycles. The van der Waals surface area contributed by atoms with E-state index in [1.807, 2.05) is 48.2 Å². The summed E-state index contributed by atoms with van der Waals surface area (Å²) in [5.41, 5.74) is 4.45. The summed E-state index contributed by atoms with van der Waals surface area (Å²) in [6.07, 6.45) is 1.16. The number of ether oxygens (including phenoxy) is 1. The van der Waals surface area contributed by atoms with Gasteiger partial charge in [0.25, 0.3) is 0 Å². The number of rotatable bonds is 9. The van der Waals surface area contributed by atoms with Gasteiger partial charge in [0.2, 0.25) is 5.91 Å². The Labute approximate surface area is 203 Å². The Hall–Kier alpha value is -3.00. The maximum absolute atomic E-state index is 12.8. The molecule has 2 unspecified atom stereocenters. The third-order valence-corrected chi connectivity index (χ3v) is 8.07. The second-order valence-electron chi connectivity index (χ2n) is 9.07. The van der Waals surface area contributed by atoms with E-state index in [-0.39, 0.29) is 36.0 Å². The van der Waals surface area contributed by atoms with Gasteiger partial charge in [0.15, 0.2) is 0 Å². The summed E-state index contributed by atoms with van der Waals surface area (Å²) in [5, 5.41) is 14.6. The molecule has 2 atom stereocenters. The average Bonchev–Trinajstić information content (AvgIpc) is 3.40. The van der Waals surface area contributed by atoms with Crippen LogP contribution in [-0.4, -0.2) is 52.8 Å². The van der Waals surface area contributed by atoms with Gasteiger partial charge < -0.3 is 20.5 Å². The molecule has 34 heavy (non-hydrogen) atoms. The molecule has 0 saturated carbocycles. The third kappa shape index (κ3) is 5.55. The highest BCUT2D eigenvalue weighted by Gasteiger charge is 2.32. The highest BCUT2D eigenvalue weighted by molar-refractivity contribution is 8.00. The number of carboxylic acids is 1. The zero-order valence-corrected chi connectivity index (χ0v) is 20.0. The fraction of sp³-hybridized carbons (Fsp3) is 0.423. The summed E-state index contributed by atoms with van der Waals surface area (Å²) in [4.78, 5) is 36.5. The summed E-state index contributed by atoms with van der Waals surface area (Å²) >= 11 is 1.82. The standard InChI is InChI=1S/C26H30N2O5S/c1-26(13-6-14-34-26)16-27-24(31)22(11-12-23(29)30)28-25(32)33-15-21-19-9-4-2-7-17(19)18-8-3-5-10-20(18)21/h2-5,7-10,21-22H,6,11-16H2,1H3,(H,27,31)(H,28,32)(H,29,30). The zero-order valence-electron chi connectivity index (χ0n) is 19.2. The summed E-state index contributed by atoms with van der Waals surface area (Å²) in [6, 6.07) is 15.1. The molecule has 2 aliphatic rings. The first kappa shape index (κ1) is 24.1. The van der Waals surface area contributed by atoms with E-state index in [0.29, 0.717) is 6.54 Å². The molecule has 2 aromatic carbocycles. The fourth-order valence-corrected chi connectivity index (χ4v) is 5.94. The molecule has 1 heterocycles. The van der Waals surface area contributed by atoms with E-state index in [1.54, 1.807) is 0 Å². The number of nitrogens with one attached hydrogen (secondary N) is 2. The van der Waals surface area contributed by atoms with Crippen molar-refractivity contribution in [1.29, 1.82) is 0 Å². The Morgan fingerprint density at radius 1 is 1.12 bits per heavy atom. The Morgan fingerprint density at radius 2 is 1.76 bits per heavy atom. The van der Waals surface area contributed by atoms with E-state index in [4.69, 9.17) is 9.84 Å². The largest absolute Gasteiger partial charge is 0.481 e. The van der Waals surface area contributed by atoms with Crippen molar-refractivity contribution in [2.24, 2.45) is 0 Å². The maximum atomic E-state index is 12.8. The minimum absolute atomic E-state index is 0.00474. The smallest absolute Gasteiger partial charge is 0.407 e. The molecule has 4 rings (SSSR count). The molecule has 2 amide bonds. The Kier molecular flexibility index (Phi) is 7.46. The predicted octanol–water partition coefficient (Wildman–Crippen LogP) is 4.16. The summed E-state index contributed by atoms with van der Waals surface area (Å²) in [7, 11) is 0. The highest BCUT2D eigenvalue weighted by atomic mass is 32.2. The molecule has 1 saturated heterocycles. The molecule has 2 aromatic rings. The van der Waals surface area contributed by atoms with Crippen LogP contribution in [0, 0.1) is 0 Å². The number of alkyl carbamates (subject to hydrolysis) is 1. The zero-order chi connectivity index (χ0) is 24.1. The molecule has 8 heteroatoms. The first-order valence-corrected chi connectivity index (χ1v) is 12.6. The van der Waals surface area contributed by atoms with Crippen molar-refractivity contribution >= 4 is 29.7 Å². The highest BCUT2D eigenvalue weighted by Crippen LogP contribution is 2.44. The third-order valence-electron chi connectivity index (χ3n) is 6.54. The normalized spacial score (nSPS) is 19.7. The first-order chi connectivity index (χ1) is 16.4.